The van der Waals surface area contributed by atoms with Crippen LogP contribution >= 0.6 is 0 Å². The number of carbonyl (C=O) groups is 1. The van der Waals surface area contributed by atoms with Gasteiger partial charge in [-0.05, 0) is 40.5 Å². The van der Waals surface area contributed by atoms with E-state index in [0.717, 1.165) is 45.7 Å². The molecule has 1 aromatic heterocycles. The number of oxime groups is 1. The summed E-state index contributed by atoms with van der Waals surface area (Å²) in [6, 6.07) is 2.40. The highest BCUT2D eigenvalue weighted by atomic mass is 16.6. The minimum absolute atomic E-state index is 0.0560. The molecule has 3 N–H and O–H groups in total. The Bertz CT molecular complexity index is 939. The Morgan fingerprint density at radius 1 is 1.19 bits per heavy atom. The summed E-state index contributed by atoms with van der Waals surface area (Å²) in [4.78, 5) is 30.6. The highest BCUT2D eigenvalue weighted by molar-refractivity contribution is 5.96. The smallest absolute Gasteiger partial charge is 0.410 e. The highest BCUT2D eigenvalue weighted by Crippen LogP contribution is 2.25. The lowest BCUT2D eigenvalue weighted by Crippen LogP contribution is -2.50. The Morgan fingerprint density at radius 3 is 2.58 bits per heavy atom. The number of amides is 1. The van der Waals surface area contributed by atoms with Crippen LogP contribution in [0.3, 0.4) is 0 Å². The zero-order chi connectivity index (χ0) is 25.9. The van der Waals surface area contributed by atoms with E-state index < -0.39 is 5.60 Å². The third kappa shape index (κ3) is 6.28. The average molecular weight is 505 g/mol. The second-order valence-electron chi connectivity index (χ2n) is 10.8. The molecule has 3 fully saturated rings. The van der Waals surface area contributed by atoms with Gasteiger partial charge in [-0.1, -0.05) is 5.16 Å². The van der Waals surface area contributed by atoms with Gasteiger partial charge in [-0.15, -0.1) is 0 Å². The van der Waals surface area contributed by atoms with Crippen molar-refractivity contribution in [1.29, 1.82) is 0 Å². The standard InChI is InChI=1S/C24H40N8O4/c1-17-15-31(18-6-13-35-16-18)7-5-8-32(17)22-26-19(21(25)28-34)14-20(27-22)29-9-11-30(12-10-29)23(33)36-24(2,3)4/h14,17-18,34H,5-13,15-16H2,1-4H3,(H2,25,28)/t17-,18?/m0/s1. The Balaban J connectivity index is 1.51. The number of aromatic nitrogens is 2. The van der Waals surface area contributed by atoms with Crippen molar-refractivity contribution < 1.29 is 19.5 Å². The Hall–Kier alpha value is -2.86. The van der Waals surface area contributed by atoms with Gasteiger partial charge in [0.05, 0.1) is 6.61 Å². The largest absolute Gasteiger partial charge is 0.444 e. The number of nitrogens with zero attached hydrogens (tertiary/aromatic N) is 7. The van der Waals surface area contributed by atoms with Gasteiger partial charge in [0.2, 0.25) is 5.95 Å². The first-order chi connectivity index (χ1) is 17.1. The van der Waals surface area contributed by atoms with E-state index in [2.05, 4.69) is 31.8 Å². The molecule has 1 aromatic rings. The van der Waals surface area contributed by atoms with Crippen molar-refractivity contribution >= 4 is 23.7 Å². The van der Waals surface area contributed by atoms with E-state index in [1.165, 1.54) is 0 Å². The van der Waals surface area contributed by atoms with Crippen molar-refractivity contribution in [3.05, 3.63) is 11.8 Å². The molecule has 1 amide bonds. The molecule has 0 saturated carbocycles. The molecule has 1 unspecified atom stereocenters. The van der Waals surface area contributed by atoms with Gasteiger partial charge in [0, 0.05) is 70.6 Å². The van der Waals surface area contributed by atoms with E-state index in [4.69, 9.17) is 20.2 Å². The Kier molecular flexibility index (Phi) is 8.04. The number of anilines is 2. The van der Waals surface area contributed by atoms with Crippen molar-refractivity contribution in [3.63, 3.8) is 0 Å². The molecule has 200 valence electrons. The molecule has 0 aromatic carbocycles. The number of hydrogen-bond donors (Lipinski definition) is 2. The lowest BCUT2D eigenvalue weighted by Gasteiger charge is -2.37. The Labute approximate surface area is 213 Å². The van der Waals surface area contributed by atoms with Crippen LogP contribution in [0.4, 0.5) is 16.6 Å². The lowest BCUT2D eigenvalue weighted by atomic mass is 10.2. The maximum Gasteiger partial charge on any atom is 0.410 e. The van der Waals surface area contributed by atoms with Gasteiger partial charge in [0.25, 0.3) is 0 Å². The molecular weight excluding hydrogens is 464 g/mol. The molecule has 0 spiro atoms. The summed E-state index contributed by atoms with van der Waals surface area (Å²) in [6.07, 6.45) is 1.75. The SMILES string of the molecule is C[C@H]1CN(C2CCOC2)CCCN1c1nc(/C(N)=N/O)cc(N2CCN(C(=O)OC(C)(C)C)CC2)n1. The predicted octanol–water partition coefficient (Wildman–Crippen LogP) is 1.32. The van der Waals surface area contributed by atoms with Crippen LogP contribution in [0.5, 0.6) is 0 Å². The van der Waals surface area contributed by atoms with Crippen LogP contribution in [-0.2, 0) is 9.47 Å². The second-order valence-corrected chi connectivity index (χ2v) is 10.8. The molecule has 0 aliphatic carbocycles. The number of ether oxygens (including phenoxy) is 2. The molecule has 12 nitrogen and oxygen atoms in total. The third-order valence-corrected chi connectivity index (χ3v) is 6.88. The van der Waals surface area contributed by atoms with Gasteiger partial charge in [0.1, 0.15) is 17.1 Å². The summed E-state index contributed by atoms with van der Waals surface area (Å²) < 4.78 is 11.1. The monoisotopic (exact) mass is 504 g/mol. The minimum atomic E-state index is -0.532. The number of piperazine rings is 1. The minimum Gasteiger partial charge on any atom is -0.444 e. The first-order valence-corrected chi connectivity index (χ1v) is 12.8. The molecule has 4 heterocycles. The maximum absolute atomic E-state index is 12.5. The van der Waals surface area contributed by atoms with E-state index in [-0.39, 0.29) is 18.0 Å². The number of hydrogen-bond acceptors (Lipinski definition) is 10. The highest BCUT2D eigenvalue weighted by Gasteiger charge is 2.31. The van der Waals surface area contributed by atoms with Crippen molar-refractivity contribution in [1.82, 2.24) is 19.8 Å². The lowest BCUT2D eigenvalue weighted by molar-refractivity contribution is 0.0240. The van der Waals surface area contributed by atoms with E-state index in [0.29, 0.717) is 49.7 Å². The molecule has 3 aliphatic heterocycles. The summed E-state index contributed by atoms with van der Waals surface area (Å²) in [6.45, 7) is 14.3. The van der Waals surface area contributed by atoms with Crippen molar-refractivity contribution in [3.8, 4) is 0 Å². The molecule has 4 rings (SSSR count). The van der Waals surface area contributed by atoms with Crippen LogP contribution in [0.25, 0.3) is 0 Å². The average Bonchev–Trinajstić information content (AvgIpc) is 3.32. The zero-order valence-corrected chi connectivity index (χ0v) is 21.9. The van der Waals surface area contributed by atoms with Crippen LogP contribution in [-0.4, -0.2) is 114 Å². The fourth-order valence-electron chi connectivity index (χ4n) is 4.97. The van der Waals surface area contributed by atoms with Crippen molar-refractivity contribution in [2.45, 2.75) is 58.2 Å². The molecule has 2 atom stereocenters. The number of carbonyl (C=O) groups excluding carboxylic acids is 1. The number of amidine groups is 1. The van der Waals surface area contributed by atoms with Gasteiger partial charge in [-0.25, -0.2) is 9.78 Å². The predicted molar refractivity (Wildman–Crippen MR) is 137 cm³/mol. The third-order valence-electron chi connectivity index (χ3n) is 6.88. The molecule has 12 heteroatoms. The summed E-state index contributed by atoms with van der Waals surface area (Å²) in [7, 11) is 0. The molecule has 3 saturated heterocycles. The van der Waals surface area contributed by atoms with Crippen LogP contribution in [0.15, 0.2) is 11.2 Å². The van der Waals surface area contributed by atoms with E-state index >= 15 is 0 Å². The summed E-state index contributed by atoms with van der Waals surface area (Å²) >= 11 is 0. The van der Waals surface area contributed by atoms with Crippen molar-refractivity contribution in [2.75, 3.05) is 68.8 Å². The molecule has 0 bridgehead atoms. The number of rotatable bonds is 4. The normalized spacial score (nSPS) is 24.7. The molecule has 3 aliphatic rings. The molecule has 36 heavy (non-hydrogen) atoms. The first kappa shape index (κ1) is 26.2. The van der Waals surface area contributed by atoms with Gasteiger partial charge in [0.15, 0.2) is 5.84 Å². The van der Waals surface area contributed by atoms with Gasteiger partial charge < -0.3 is 35.1 Å². The van der Waals surface area contributed by atoms with E-state index in [1.54, 1.807) is 11.0 Å². The maximum atomic E-state index is 12.5. The summed E-state index contributed by atoms with van der Waals surface area (Å²) in [5.74, 6) is 1.21. The number of nitrogens with two attached hydrogens (primary N) is 1. The van der Waals surface area contributed by atoms with Crippen LogP contribution in [0.1, 0.15) is 46.2 Å². The molecule has 0 radical (unpaired) electrons. The zero-order valence-electron chi connectivity index (χ0n) is 21.9. The topological polar surface area (TPSA) is 133 Å². The second kappa shape index (κ2) is 11.0. The van der Waals surface area contributed by atoms with Crippen LogP contribution in [0.2, 0.25) is 0 Å². The molecular formula is C24H40N8O4. The fraction of sp³-hybridized carbons (Fsp3) is 0.750. The quantitative estimate of drug-likeness (QED) is 0.268. The van der Waals surface area contributed by atoms with Crippen LogP contribution in [0, 0.1) is 0 Å². The van der Waals surface area contributed by atoms with Crippen molar-refractivity contribution in [2.24, 2.45) is 10.9 Å². The van der Waals surface area contributed by atoms with E-state index in [9.17, 15) is 10.0 Å². The Morgan fingerprint density at radius 2 is 1.94 bits per heavy atom. The fourth-order valence-corrected chi connectivity index (χ4v) is 4.97. The van der Waals surface area contributed by atoms with Gasteiger partial charge >= 0.3 is 6.09 Å². The summed E-state index contributed by atoms with van der Waals surface area (Å²) in [5, 5.41) is 12.5. The first-order valence-electron chi connectivity index (χ1n) is 12.8. The van der Waals surface area contributed by atoms with Gasteiger partial charge in [-0.2, -0.15) is 4.98 Å². The summed E-state index contributed by atoms with van der Waals surface area (Å²) in [5.41, 5.74) is 5.81. The van der Waals surface area contributed by atoms with E-state index in [1.807, 2.05) is 20.8 Å². The van der Waals surface area contributed by atoms with Gasteiger partial charge in [-0.3, -0.25) is 4.90 Å². The van der Waals surface area contributed by atoms with Crippen LogP contribution < -0.4 is 15.5 Å².